The van der Waals surface area contributed by atoms with Crippen molar-refractivity contribution in [1.29, 1.82) is 0 Å². The van der Waals surface area contributed by atoms with Crippen LogP contribution >= 0.6 is 0 Å². The van der Waals surface area contributed by atoms with Gasteiger partial charge in [0, 0.05) is 6.42 Å². The molecule has 0 aliphatic carbocycles. The van der Waals surface area contributed by atoms with E-state index in [1.54, 1.807) is 18.2 Å². The first-order chi connectivity index (χ1) is 12.4. The summed E-state index contributed by atoms with van der Waals surface area (Å²) in [6.45, 7) is 0. The standard InChI is InChI=1S/C19H15NO6/c1-26-19(25)15(10-11-5-4-6-12(9-11)18(23)24)20-16(21)13-7-2-3-8-14(13)17(20)22/h2-9,15H,10H2,1H3,(H,23,24)/t15-/m0/s1. The van der Waals surface area contributed by atoms with Gasteiger partial charge in [0.2, 0.25) is 0 Å². The number of hydrogen-bond acceptors (Lipinski definition) is 5. The normalized spacial score (nSPS) is 14.1. The number of carbonyl (C=O) groups is 4. The fraction of sp³-hybridized carbons (Fsp3) is 0.158. The highest BCUT2D eigenvalue weighted by Crippen LogP contribution is 2.26. The molecule has 0 fully saturated rings. The first-order valence-electron chi connectivity index (χ1n) is 7.81. The Morgan fingerprint density at radius 2 is 1.65 bits per heavy atom. The summed E-state index contributed by atoms with van der Waals surface area (Å²) < 4.78 is 4.77. The number of carboxylic acid groups (broad SMARTS) is 1. The predicted octanol–water partition coefficient (Wildman–Crippen LogP) is 1.77. The van der Waals surface area contributed by atoms with Crippen LogP contribution in [0.4, 0.5) is 0 Å². The van der Waals surface area contributed by atoms with E-state index in [2.05, 4.69) is 0 Å². The topological polar surface area (TPSA) is 101 Å². The van der Waals surface area contributed by atoms with Gasteiger partial charge in [0.05, 0.1) is 23.8 Å². The number of esters is 1. The Kier molecular flexibility index (Phi) is 4.53. The molecule has 132 valence electrons. The highest BCUT2D eigenvalue weighted by molar-refractivity contribution is 6.22. The molecular formula is C19H15NO6. The summed E-state index contributed by atoms with van der Waals surface area (Å²) in [4.78, 5) is 49.6. The molecule has 1 heterocycles. The van der Waals surface area contributed by atoms with Crippen LogP contribution < -0.4 is 0 Å². The fourth-order valence-electron chi connectivity index (χ4n) is 2.96. The number of ether oxygens (including phenoxy) is 1. The van der Waals surface area contributed by atoms with Gasteiger partial charge in [-0.05, 0) is 29.8 Å². The van der Waals surface area contributed by atoms with Gasteiger partial charge < -0.3 is 9.84 Å². The maximum absolute atomic E-state index is 12.6. The van der Waals surface area contributed by atoms with Crippen molar-refractivity contribution in [3.05, 3.63) is 70.8 Å². The number of amides is 2. The molecule has 0 saturated heterocycles. The molecule has 7 nitrogen and oxygen atoms in total. The van der Waals surface area contributed by atoms with Crippen LogP contribution in [0.25, 0.3) is 0 Å². The summed E-state index contributed by atoms with van der Waals surface area (Å²) in [5.74, 6) is -3.01. The molecular weight excluding hydrogens is 338 g/mol. The largest absolute Gasteiger partial charge is 0.478 e. The second-order valence-corrected chi connectivity index (χ2v) is 5.77. The van der Waals surface area contributed by atoms with Gasteiger partial charge in [0.15, 0.2) is 0 Å². The lowest BCUT2D eigenvalue weighted by Gasteiger charge is -2.24. The van der Waals surface area contributed by atoms with Crippen molar-refractivity contribution in [2.75, 3.05) is 7.11 Å². The van der Waals surface area contributed by atoms with Crippen LogP contribution in [0.2, 0.25) is 0 Å². The number of methoxy groups -OCH3 is 1. The number of fused-ring (bicyclic) bond motifs is 1. The minimum Gasteiger partial charge on any atom is -0.478 e. The highest BCUT2D eigenvalue weighted by Gasteiger charge is 2.43. The summed E-state index contributed by atoms with van der Waals surface area (Å²) in [6, 6.07) is 11.1. The predicted molar refractivity (Wildman–Crippen MR) is 89.9 cm³/mol. The van der Waals surface area contributed by atoms with Crippen molar-refractivity contribution >= 4 is 23.8 Å². The Morgan fingerprint density at radius 1 is 1.04 bits per heavy atom. The van der Waals surface area contributed by atoms with Crippen LogP contribution in [0.1, 0.15) is 36.6 Å². The van der Waals surface area contributed by atoms with Crippen LogP contribution in [-0.2, 0) is 16.0 Å². The number of benzene rings is 2. The molecule has 1 aliphatic heterocycles. The van der Waals surface area contributed by atoms with Gasteiger partial charge in [-0.3, -0.25) is 14.5 Å². The van der Waals surface area contributed by atoms with E-state index < -0.39 is 29.8 Å². The van der Waals surface area contributed by atoms with Crippen molar-refractivity contribution in [2.24, 2.45) is 0 Å². The first-order valence-corrected chi connectivity index (χ1v) is 7.81. The zero-order valence-corrected chi connectivity index (χ0v) is 13.8. The lowest BCUT2D eigenvalue weighted by Crippen LogP contribution is -2.46. The van der Waals surface area contributed by atoms with Crippen LogP contribution in [0.3, 0.4) is 0 Å². The quantitative estimate of drug-likeness (QED) is 0.649. The molecule has 7 heteroatoms. The number of rotatable bonds is 5. The SMILES string of the molecule is COC(=O)[C@H](Cc1cccc(C(=O)O)c1)N1C(=O)c2ccccc2C1=O. The molecule has 1 aliphatic rings. The molecule has 3 rings (SSSR count). The number of hydrogen-bond donors (Lipinski definition) is 1. The average Bonchev–Trinajstić information content (AvgIpc) is 2.90. The van der Waals surface area contributed by atoms with Gasteiger partial charge in [-0.2, -0.15) is 0 Å². The van der Waals surface area contributed by atoms with Crippen LogP contribution in [0, 0.1) is 0 Å². The molecule has 0 radical (unpaired) electrons. The number of carbonyl (C=O) groups excluding carboxylic acids is 3. The maximum atomic E-state index is 12.6. The monoisotopic (exact) mass is 353 g/mol. The molecule has 2 aromatic rings. The van der Waals surface area contributed by atoms with Crippen LogP contribution in [0.15, 0.2) is 48.5 Å². The van der Waals surface area contributed by atoms with Crippen molar-refractivity contribution in [3.63, 3.8) is 0 Å². The van der Waals surface area contributed by atoms with E-state index >= 15 is 0 Å². The Balaban J connectivity index is 1.97. The molecule has 26 heavy (non-hydrogen) atoms. The minimum absolute atomic E-state index is 0.0424. The molecule has 0 aromatic heterocycles. The highest BCUT2D eigenvalue weighted by atomic mass is 16.5. The van der Waals surface area contributed by atoms with Crippen LogP contribution in [0.5, 0.6) is 0 Å². The molecule has 2 amide bonds. The van der Waals surface area contributed by atoms with Gasteiger partial charge in [-0.15, -0.1) is 0 Å². The van der Waals surface area contributed by atoms with E-state index in [1.807, 2.05) is 0 Å². The van der Waals surface area contributed by atoms with E-state index in [9.17, 15) is 19.2 Å². The molecule has 1 N–H and O–H groups in total. The Morgan fingerprint density at radius 3 is 2.19 bits per heavy atom. The Hall–Kier alpha value is -3.48. The molecule has 0 spiro atoms. The molecule has 0 unspecified atom stereocenters. The third-order valence-electron chi connectivity index (χ3n) is 4.21. The summed E-state index contributed by atoms with van der Waals surface area (Å²) in [7, 11) is 1.17. The third kappa shape index (κ3) is 2.95. The zero-order valence-electron chi connectivity index (χ0n) is 13.8. The Labute approximate surface area is 148 Å². The van der Waals surface area contributed by atoms with E-state index in [-0.39, 0.29) is 23.1 Å². The van der Waals surface area contributed by atoms with Crippen molar-refractivity contribution in [1.82, 2.24) is 4.90 Å². The van der Waals surface area contributed by atoms with E-state index in [4.69, 9.17) is 9.84 Å². The lowest BCUT2D eigenvalue weighted by atomic mass is 10.0. The van der Waals surface area contributed by atoms with Gasteiger partial charge in [0.1, 0.15) is 6.04 Å². The fourth-order valence-corrected chi connectivity index (χ4v) is 2.96. The number of carboxylic acids is 1. The third-order valence-corrected chi connectivity index (χ3v) is 4.21. The molecule has 2 aromatic carbocycles. The summed E-state index contributed by atoms with van der Waals surface area (Å²) in [6.07, 6.45) is -0.0424. The van der Waals surface area contributed by atoms with Crippen LogP contribution in [-0.4, -0.2) is 46.9 Å². The molecule has 0 saturated carbocycles. The second-order valence-electron chi connectivity index (χ2n) is 5.77. The zero-order chi connectivity index (χ0) is 18.8. The van der Waals surface area contributed by atoms with E-state index in [0.29, 0.717) is 5.56 Å². The summed E-state index contributed by atoms with van der Waals surface area (Å²) >= 11 is 0. The van der Waals surface area contributed by atoms with Crippen molar-refractivity contribution in [3.8, 4) is 0 Å². The van der Waals surface area contributed by atoms with E-state index in [0.717, 1.165) is 4.90 Å². The minimum atomic E-state index is -1.18. The van der Waals surface area contributed by atoms with Gasteiger partial charge in [-0.1, -0.05) is 24.3 Å². The average molecular weight is 353 g/mol. The maximum Gasteiger partial charge on any atom is 0.335 e. The Bertz CT molecular complexity index is 885. The number of imide groups is 1. The smallest absolute Gasteiger partial charge is 0.335 e. The number of aromatic carboxylic acids is 1. The van der Waals surface area contributed by atoms with E-state index in [1.165, 1.54) is 37.4 Å². The van der Waals surface area contributed by atoms with Gasteiger partial charge in [-0.25, -0.2) is 9.59 Å². The number of nitrogens with zero attached hydrogens (tertiary/aromatic N) is 1. The van der Waals surface area contributed by atoms with Crippen molar-refractivity contribution < 1.29 is 29.0 Å². The van der Waals surface area contributed by atoms with Gasteiger partial charge >= 0.3 is 11.9 Å². The summed E-state index contributed by atoms with van der Waals surface area (Å²) in [5, 5.41) is 9.10. The lowest BCUT2D eigenvalue weighted by molar-refractivity contribution is -0.145. The second kappa shape index (κ2) is 6.79. The first kappa shape index (κ1) is 17.3. The van der Waals surface area contributed by atoms with Crippen molar-refractivity contribution in [2.45, 2.75) is 12.5 Å². The summed E-state index contributed by atoms with van der Waals surface area (Å²) in [5.41, 5.74) is 1.00. The molecule has 1 atom stereocenters. The van der Waals surface area contributed by atoms with Gasteiger partial charge in [0.25, 0.3) is 11.8 Å². The molecule has 0 bridgehead atoms.